The number of anilines is 1. The van der Waals surface area contributed by atoms with Crippen LogP contribution in [-0.4, -0.2) is 15.3 Å². The van der Waals surface area contributed by atoms with Crippen molar-refractivity contribution in [1.82, 2.24) is 9.38 Å². The molecule has 0 saturated heterocycles. The molecule has 0 spiro atoms. The lowest BCUT2D eigenvalue weighted by Gasteiger charge is -2.09. The summed E-state index contributed by atoms with van der Waals surface area (Å²) < 4.78 is 14.9. The van der Waals surface area contributed by atoms with Crippen molar-refractivity contribution >= 4 is 27.9 Å². The summed E-state index contributed by atoms with van der Waals surface area (Å²) in [4.78, 5) is 18.0. The Hall–Kier alpha value is -2.99. The van der Waals surface area contributed by atoms with E-state index >= 15 is 0 Å². The molecule has 0 aliphatic carbocycles. The summed E-state index contributed by atoms with van der Waals surface area (Å²) in [6.45, 7) is 4.00. The lowest BCUT2D eigenvalue weighted by Crippen LogP contribution is -2.14. The van der Waals surface area contributed by atoms with E-state index in [1.807, 2.05) is 32.0 Å². The molecule has 0 aliphatic rings. The molecule has 4 nitrogen and oxygen atoms in total. The van der Waals surface area contributed by atoms with Gasteiger partial charge in [0.25, 0.3) is 5.91 Å². The molecule has 0 atom stereocenters. The fourth-order valence-electron chi connectivity index (χ4n) is 2.78. The number of nitrogens with one attached hydrogen (secondary N) is 1. The number of hydrogen-bond donors (Lipinski definition) is 1. The van der Waals surface area contributed by atoms with Gasteiger partial charge in [-0.1, -0.05) is 12.1 Å². The van der Waals surface area contributed by atoms with Crippen molar-refractivity contribution in [2.75, 3.05) is 5.32 Å². The van der Waals surface area contributed by atoms with Crippen LogP contribution >= 0.6 is 11.3 Å². The molecular weight excluding hydrogens is 349 g/mol. The number of halogens is 1. The second-order valence-corrected chi connectivity index (χ2v) is 6.94. The van der Waals surface area contributed by atoms with Gasteiger partial charge in [0.1, 0.15) is 11.5 Å². The molecule has 130 valence electrons. The first-order valence-electron chi connectivity index (χ1n) is 8.13. The van der Waals surface area contributed by atoms with Crippen LogP contribution in [0.15, 0.2) is 54.0 Å². The highest BCUT2D eigenvalue weighted by Gasteiger charge is 2.16. The maximum absolute atomic E-state index is 13.1. The molecule has 2 aromatic carbocycles. The zero-order valence-corrected chi connectivity index (χ0v) is 15.1. The molecule has 4 rings (SSSR count). The Morgan fingerprint density at radius 2 is 1.92 bits per heavy atom. The summed E-state index contributed by atoms with van der Waals surface area (Å²) in [7, 11) is 0. The van der Waals surface area contributed by atoms with Crippen molar-refractivity contribution in [2.24, 2.45) is 0 Å². The Morgan fingerprint density at radius 3 is 2.69 bits per heavy atom. The van der Waals surface area contributed by atoms with Gasteiger partial charge in [-0.25, -0.2) is 9.37 Å². The van der Waals surface area contributed by atoms with Crippen molar-refractivity contribution in [3.05, 3.63) is 76.7 Å². The van der Waals surface area contributed by atoms with Gasteiger partial charge in [-0.05, 0) is 55.3 Å². The zero-order chi connectivity index (χ0) is 18.3. The van der Waals surface area contributed by atoms with Gasteiger partial charge in [0.15, 0.2) is 4.96 Å². The minimum atomic E-state index is -0.289. The van der Waals surface area contributed by atoms with E-state index in [0.717, 1.165) is 27.3 Å². The average molecular weight is 365 g/mol. The van der Waals surface area contributed by atoms with Crippen LogP contribution < -0.4 is 5.32 Å². The Morgan fingerprint density at radius 1 is 1.15 bits per heavy atom. The predicted octanol–water partition coefficient (Wildman–Crippen LogP) is 5.07. The number of imidazole rings is 1. The number of nitrogens with zero attached hydrogens (tertiary/aromatic N) is 2. The molecule has 0 radical (unpaired) electrons. The Bertz CT molecular complexity index is 1110. The topological polar surface area (TPSA) is 46.4 Å². The summed E-state index contributed by atoms with van der Waals surface area (Å²) in [6.07, 6.45) is 1.80. The number of aromatic nitrogens is 2. The highest BCUT2D eigenvalue weighted by atomic mass is 32.1. The van der Waals surface area contributed by atoms with E-state index in [4.69, 9.17) is 0 Å². The fraction of sp³-hybridized carbons (Fsp3) is 0.100. The van der Waals surface area contributed by atoms with E-state index < -0.39 is 0 Å². The SMILES string of the molecule is Cc1cccc(NC(=O)c2csc3nc(-c4ccc(F)cc4)cn23)c1C. The Kier molecular flexibility index (Phi) is 4.05. The summed E-state index contributed by atoms with van der Waals surface area (Å²) in [5.41, 5.74) is 5.00. The molecule has 0 saturated carbocycles. The largest absolute Gasteiger partial charge is 0.320 e. The number of carbonyl (C=O) groups is 1. The minimum absolute atomic E-state index is 0.187. The number of hydrogen-bond acceptors (Lipinski definition) is 3. The lowest BCUT2D eigenvalue weighted by molar-refractivity contribution is 0.102. The predicted molar refractivity (Wildman–Crippen MR) is 102 cm³/mol. The molecule has 2 heterocycles. The highest BCUT2D eigenvalue weighted by molar-refractivity contribution is 7.15. The Balaban J connectivity index is 1.67. The van der Waals surface area contributed by atoms with Crippen LogP contribution in [-0.2, 0) is 0 Å². The molecule has 0 fully saturated rings. The first-order chi connectivity index (χ1) is 12.5. The number of fused-ring (bicyclic) bond motifs is 1. The van der Waals surface area contributed by atoms with Gasteiger partial charge in [0.2, 0.25) is 0 Å². The second kappa shape index (κ2) is 6.38. The number of carbonyl (C=O) groups excluding carboxylic acids is 1. The number of thiazole rings is 1. The van der Waals surface area contributed by atoms with Gasteiger partial charge >= 0.3 is 0 Å². The maximum Gasteiger partial charge on any atom is 0.273 e. The summed E-state index contributed by atoms with van der Waals surface area (Å²) in [5, 5.41) is 4.76. The molecule has 4 aromatic rings. The number of benzene rings is 2. The average Bonchev–Trinajstić information content (AvgIpc) is 3.20. The molecule has 0 aliphatic heterocycles. The van der Waals surface area contributed by atoms with Crippen LogP contribution in [0.2, 0.25) is 0 Å². The van der Waals surface area contributed by atoms with E-state index in [0.29, 0.717) is 11.4 Å². The monoisotopic (exact) mass is 365 g/mol. The third kappa shape index (κ3) is 2.88. The molecule has 6 heteroatoms. The summed E-state index contributed by atoms with van der Waals surface area (Å²) in [6, 6.07) is 12.0. The minimum Gasteiger partial charge on any atom is -0.320 e. The zero-order valence-electron chi connectivity index (χ0n) is 14.3. The summed E-state index contributed by atoms with van der Waals surface area (Å²) >= 11 is 1.40. The van der Waals surface area contributed by atoms with Crippen molar-refractivity contribution in [3.8, 4) is 11.3 Å². The van der Waals surface area contributed by atoms with E-state index in [2.05, 4.69) is 10.3 Å². The molecule has 0 unspecified atom stereocenters. The van der Waals surface area contributed by atoms with Crippen molar-refractivity contribution in [2.45, 2.75) is 13.8 Å². The van der Waals surface area contributed by atoms with E-state index in [-0.39, 0.29) is 11.7 Å². The number of rotatable bonds is 3. The molecule has 2 aromatic heterocycles. The number of amides is 1. The van der Waals surface area contributed by atoms with Gasteiger partial charge < -0.3 is 5.32 Å². The first kappa shape index (κ1) is 16.5. The molecule has 26 heavy (non-hydrogen) atoms. The van der Waals surface area contributed by atoms with E-state index in [9.17, 15) is 9.18 Å². The van der Waals surface area contributed by atoms with Gasteiger partial charge in [-0.2, -0.15) is 0 Å². The third-order valence-corrected chi connectivity index (χ3v) is 5.27. The van der Waals surface area contributed by atoms with Crippen molar-refractivity contribution < 1.29 is 9.18 Å². The smallest absolute Gasteiger partial charge is 0.273 e. The van der Waals surface area contributed by atoms with Crippen LogP contribution in [0, 0.1) is 19.7 Å². The van der Waals surface area contributed by atoms with Crippen molar-refractivity contribution in [3.63, 3.8) is 0 Å². The van der Waals surface area contributed by atoms with E-state index in [1.165, 1.54) is 23.5 Å². The Labute approximate surface area is 153 Å². The standard InChI is InChI=1S/C20H16FN3OS/c1-12-4-3-5-16(13(12)2)22-19(25)18-11-26-20-23-17(10-24(18)20)14-6-8-15(21)9-7-14/h3-11H,1-2H3,(H,22,25). The quantitative estimate of drug-likeness (QED) is 0.551. The van der Waals surface area contributed by atoms with Gasteiger partial charge in [0.05, 0.1) is 5.69 Å². The van der Waals surface area contributed by atoms with Gasteiger partial charge in [0, 0.05) is 22.8 Å². The first-order valence-corrected chi connectivity index (χ1v) is 9.01. The molecule has 1 N–H and O–H groups in total. The third-order valence-electron chi connectivity index (χ3n) is 4.43. The molecule has 0 bridgehead atoms. The summed E-state index contributed by atoms with van der Waals surface area (Å²) in [5.74, 6) is -0.476. The van der Waals surface area contributed by atoms with Gasteiger partial charge in [-0.15, -0.1) is 11.3 Å². The van der Waals surface area contributed by atoms with E-state index in [1.54, 1.807) is 28.1 Å². The van der Waals surface area contributed by atoms with Crippen molar-refractivity contribution in [1.29, 1.82) is 0 Å². The van der Waals surface area contributed by atoms with Crippen LogP contribution in [0.5, 0.6) is 0 Å². The second-order valence-electron chi connectivity index (χ2n) is 6.11. The van der Waals surface area contributed by atoms with Crippen LogP contribution in [0.4, 0.5) is 10.1 Å². The van der Waals surface area contributed by atoms with Crippen LogP contribution in [0.1, 0.15) is 21.6 Å². The van der Waals surface area contributed by atoms with Gasteiger partial charge in [-0.3, -0.25) is 9.20 Å². The highest BCUT2D eigenvalue weighted by Crippen LogP contribution is 2.25. The molecular formula is C20H16FN3OS. The fourth-order valence-corrected chi connectivity index (χ4v) is 3.63. The molecule has 1 amide bonds. The lowest BCUT2D eigenvalue weighted by atomic mass is 10.1. The van der Waals surface area contributed by atoms with Crippen LogP contribution in [0.3, 0.4) is 0 Å². The number of aryl methyl sites for hydroxylation is 1. The van der Waals surface area contributed by atoms with Crippen LogP contribution in [0.25, 0.3) is 16.2 Å². The normalized spacial score (nSPS) is 11.0. The maximum atomic E-state index is 13.1.